The van der Waals surface area contributed by atoms with E-state index in [0.717, 1.165) is 36.7 Å². The zero-order chi connectivity index (χ0) is 13.5. The van der Waals surface area contributed by atoms with Gasteiger partial charge in [0.1, 0.15) is 11.7 Å². The molecule has 3 aliphatic rings. The molecule has 5 nitrogen and oxygen atoms in total. The highest BCUT2D eigenvalue weighted by Crippen LogP contribution is 2.30. The summed E-state index contributed by atoms with van der Waals surface area (Å²) in [7, 11) is 0. The number of nitrogens with zero attached hydrogens (tertiary/aromatic N) is 3. The van der Waals surface area contributed by atoms with Crippen LogP contribution in [0.1, 0.15) is 35.2 Å². The Labute approximate surface area is 117 Å². The van der Waals surface area contributed by atoms with E-state index in [0.29, 0.717) is 11.4 Å². The molecule has 5 heteroatoms. The van der Waals surface area contributed by atoms with Crippen molar-refractivity contribution in [2.45, 2.75) is 19.3 Å². The number of likely N-dealkylation sites (tertiary alicyclic amines) is 1. The number of carbonyl (C=O) groups is 1. The largest absolute Gasteiger partial charge is 0.327 e. The van der Waals surface area contributed by atoms with E-state index in [2.05, 4.69) is 20.2 Å². The van der Waals surface area contributed by atoms with Gasteiger partial charge in [-0.3, -0.25) is 9.69 Å². The van der Waals surface area contributed by atoms with E-state index >= 15 is 0 Å². The number of hydrogen-bond donors (Lipinski definition) is 1. The Morgan fingerprint density at radius 3 is 2.85 bits per heavy atom. The van der Waals surface area contributed by atoms with Gasteiger partial charge in [-0.15, -0.1) is 0 Å². The summed E-state index contributed by atoms with van der Waals surface area (Å²) in [5.41, 5.74) is 2.38. The van der Waals surface area contributed by atoms with E-state index in [4.69, 9.17) is 0 Å². The van der Waals surface area contributed by atoms with E-state index < -0.39 is 0 Å². The lowest BCUT2D eigenvalue weighted by Crippen LogP contribution is -2.43. The third kappa shape index (κ3) is 1.86. The predicted molar refractivity (Wildman–Crippen MR) is 77.8 cm³/mol. The molecule has 1 aromatic carbocycles. The van der Waals surface area contributed by atoms with Crippen LogP contribution in [0.2, 0.25) is 0 Å². The number of amides is 1. The van der Waals surface area contributed by atoms with Gasteiger partial charge in [0.15, 0.2) is 0 Å². The molecule has 0 unspecified atom stereocenters. The maximum absolute atomic E-state index is 11.8. The highest BCUT2D eigenvalue weighted by atomic mass is 16.1. The normalized spacial score (nSPS) is 21.1. The van der Waals surface area contributed by atoms with Gasteiger partial charge in [0.25, 0.3) is 5.91 Å². The molecular weight excluding hydrogens is 252 g/mol. The summed E-state index contributed by atoms with van der Waals surface area (Å²) >= 11 is 0. The SMILES string of the molecule is O=C1N=C2NC(CN3CCCCC3)=Nc3cccc1c32. The standard InChI is InChI=1S/C15H16N4O/c20-15-10-5-4-6-11-13(10)14(18-15)17-12(16-11)9-19-7-2-1-3-8-19/h4-6H,1-3,7-9H2,(H,16,17,18,20). The van der Waals surface area contributed by atoms with Gasteiger partial charge in [-0.05, 0) is 38.1 Å². The summed E-state index contributed by atoms with van der Waals surface area (Å²) in [5.74, 6) is 1.39. The third-order valence-electron chi connectivity index (χ3n) is 4.06. The smallest absolute Gasteiger partial charge is 0.279 e. The fraction of sp³-hybridized carbons (Fsp3) is 0.400. The molecule has 0 aromatic heterocycles. The molecule has 3 heterocycles. The van der Waals surface area contributed by atoms with Crippen molar-refractivity contribution in [2.75, 3.05) is 19.6 Å². The van der Waals surface area contributed by atoms with E-state index in [1.165, 1.54) is 19.3 Å². The number of piperidine rings is 1. The zero-order valence-electron chi connectivity index (χ0n) is 11.2. The van der Waals surface area contributed by atoms with E-state index in [9.17, 15) is 4.79 Å². The summed E-state index contributed by atoms with van der Waals surface area (Å²) in [5, 5.41) is 3.23. The van der Waals surface area contributed by atoms with Gasteiger partial charge in [-0.1, -0.05) is 12.5 Å². The molecule has 0 radical (unpaired) electrons. The average molecular weight is 268 g/mol. The van der Waals surface area contributed by atoms with Crippen LogP contribution in [0.25, 0.3) is 0 Å². The minimum atomic E-state index is -0.168. The molecule has 0 aliphatic carbocycles. The van der Waals surface area contributed by atoms with Gasteiger partial charge in [-0.2, -0.15) is 4.99 Å². The van der Waals surface area contributed by atoms with Crippen LogP contribution in [-0.2, 0) is 0 Å². The highest BCUT2D eigenvalue weighted by molar-refractivity contribution is 6.28. The molecule has 20 heavy (non-hydrogen) atoms. The third-order valence-corrected chi connectivity index (χ3v) is 4.06. The first-order valence-electron chi connectivity index (χ1n) is 7.14. The van der Waals surface area contributed by atoms with Crippen LogP contribution in [0.5, 0.6) is 0 Å². The summed E-state index contributed by atoms with van der Waals surface area (Å²) in [4.78, 5) is 23.0. The van der Waals surface area contributed by atoms with Gasteiger partial charge in [0.2, 0.25) is 0 Å². The maximum atomic E-state index is 11.8. The van der Waals surface area contributed by atoms with Crippen LogP contribution in [0.3, 0.4) is 0 Å². The first kappa shape index (κ1) is 11.8. The Balaban J connectivity index is 1.64. The molecule has 0 spiro atoms. The Bertz CT molecular complexity index is 641. The van der Waals surface area contributed by atoms with Crippen molar-refractivity contribution in [3.05, 3.63) is 29.3 Å². The Kier molecular flexibility index (Phi) is 2.67. The summed E-state index contributed by atoms with van der Waals surface area (Å²) in [6.45, 7) is 3.05. The lowest BCUT2D eigenvalue weighted by atomic mass is 10.0. The van der Waals surface area contributed by atoms with Gasteiger partial charge in [0, 0.05) is 0 Å². The van der Waals surface area contributed by atoms with Crippen molar-refractivity contribution >= 4 is 23.3 Å². The van der Waals surface area contributed by atoms with Crippen LogP contribution in [0.15, 0.2) is 28.2 Å². The lowest BCUT2D eigenvalue weighted by molar-refractivity contribution is 0.101. The number of aliphatic imine (C=N–C) groups is 2. The second kappa shape index (κ2) is 4.52. The number of rotatable bonds is 2. The molecule has 1 fully saturated rings. The molecule has 102 valence electrons. The number of carbonyl (C=O) groups excluding carboxylic acids is 1. The van der Waals surface area contributed by atoms with Gasteiger partial charge in [0.05, 0.1) is 23.4 Å². The Morgan fingerprint density at radius 1 is 1.15 bits per heavy atom. The Hall–Kier alpha value is -2.01. The fourth-order valence-corrected chi connectivity index (χ4v) is 3.08. The second-order valence-corrected chi connectivity index (χ2v) is 5.49. The van der Waals surface area contributed by atoms with Crippen LogP contribution >= 0.6 is 0 Å². The van der Waals surface area contributed by atoms with Crippen LogP contribution in [0, 0.1) is 0 Å². The molecule has 0 atom stereocenters. The van der Waals surface area contributed by atoms with Crippen LogP contribution in [-0.4, -0.2) is 42.1 Å². The zero-order valence-corrected chi connectivity index (χ0v) is 11.2. The summed E-state index contributed by atoms with van der Waals surface area (Å²) < 4.78 is 0. The van der Waals surface area contributed by atoms with E-state index in [-0.39, 0.29) is 5.91 Å². The first-order valence-corrected chi connectivity index (χ1v) is 7.14. The summed E-state index contributed by atoms with van der Waals surface area (Å²) in [6.07, 6.45) is 3.84. The summed E-state index contributed by atoms with van der Waals surface area (Å²) in [6, 6.07) is 5.63. The predicted octanol–water partition coefficient (Wildman–Crippen LogP) is 1.71. The van der Waals surface area contributed by atoms with Crippen molar-refractivity contribution in [3.8, 4) is 0 Å². The molecule has 1 N–H and O–H groups in total. The van der Waals surface area contributed by atoms with Crippen molar-refractivity contribution in [3.63, 3.8) is 0 Å². The number of hydrogen-bond acceptors (Lipinski definition) is 4. The van der Waals surface area contributed by atoms with Crippen molar-refractivity contribution in [1.29, 1.82) is 0 Å². The molecule has 0 bridgehead atoms. The minimum absolute atomic E-state index is 0.168. The fourth-order valence-electron chi connectivity index (χ4n) is 3.08. The topological polar surface area (TPSA) is 57.1 Å². The number of benzene rings is 1. The molecule has 4 rings (SSSR count). The van der Waals surface area contributed by atoms with Crippen molar-refractivity contribution in [1.82, 2.24) is 10.2 Å². The van der Waals surface area contributed by atoms with Crippen molar-refractivity contribution in [2.24, 2.45) is 9.98 Å². The molecule has 1 saturated heterocycles. The molecule has 0 saturated carbocycles. The van der Waals surface area contributed by atoms with Crippen LogP contribution < -0.4 is 5.32 Å². The van der Waals surface area contributed by atoms with E-state index in [1.54, 1.807) is 0 Å². The van der Waals surface area contributed by atoms with Gasteiger partial charge >= 0.3 is 0 Å². The lowest BCUT2D eigenvalue weighted by Gasteiger charge is -2.28. The molecule has 1 aromatic rings. The quantitative estimate of drug-likeness (QED) is 0.888. The average Bonchev–Trinajstić information content (AvgIpc) is 2.78. The second-order valence-electron chi connectivity index (χ2n) is 5.49. The van der Waals surface area contributed by atoms with Gasteiger partial charge < -0.3 is 5.32 Å². The molecule has 1 amide bonds. The monoisotopic (exact) mass is 268 g/mol. The first-order chi connectivity index (χ1) is 9.81. The van der Waals surface area contributed by atoms with Crippen molar-refractivity contribution < 1.29 is 4.79 Å². The number of amidine groups is 2. The minimum Gasteiger partial charge on any atom is -0.327 e. The van der Waals surface area contributed by atoms with E-state index in [1.807, 2.05) is 18.2 Å². The van der Waals surface area contributed by atoms with Gasteiger partial charge in [-0.25, -0.2) is 4.99 Å². The maximum Gasteiger partial charge on any atom is 0.279 e. The highest BCUT2D eigenvalue weighted by Gasteiger charge is 2.30. The molecular formula is C15H16N4O. The van der Waals surface area contributed by atoms with Crippen LogP contribution in [0.4, 0.5) is 5.69 Å². The Morgan fingerprint density at radius 2 is 2.00 bits per heavy atom. The molecule has 3 aliphatic heterocycles. The number of nitrogens with one attached hydrogen (secondary N) is 1.